The summed E-state index contributed by atoms with van der Waals surface area (Å²) in [5.74, 6) is 1.07. The van der Waals surface area contributed by atoms with Crippen molar-refractivity contribution < 1.29 is 33.3 Å². The van der Waals surface area contributed by atoms with Crippen LogP contribution in [0.1, 0.15) is 11.1 Å². The average molecular weight is 569 g/mol. The molecule has 2 aliphatic rings. The number of anilines is 1. The van der Waals surface area contributed by atoms with Crippen LogP contribution in [0, 0.1) is 0 Å². The van der Waals surface area contributed by atoms with Gasteiger partial charge in [-0.2, -0.15) is 0 Å². The van der Waals surface area contributed by atoms with Gasteiger partial charge in [-0.1, -0.05) is 48.5 Å². The molecule has 9 nitrogen and oxygen atoms in total. The molecule has 0 aliphatic carbocycles. The summed E-state index contributed by atoms with van der Waals surface area (Å²) in [6.45, 7) is 0.0492. The molecule has 10 heteroatoms. The van der Waals surface area contributed by atoms with Crippen LogP contribution in [-0.2, 0) is 16.2 Å². The van der Waals surface area contributed by atoms with Crippen molar-refractivity contribution in [1.29, 1.82) is 0 Å². The number of carbonyl (C=O) groups excluding carboxylic acids is 3. The van der Waals surface area contributed by atoms with Gasteiger partial charge in [0.05, 0.1) is 12.0 Å². The third kappa shape index (κ3) is 5.55. The minimum absolute atomic E-state index is 0.114. The summed E-state index contributed by atoms with van der Waals surface area (Å²) < 4.78 is 22.2. The zero-order chi connectivity index (χ0) is 28.3. The molecule has 1 N–H and O–H groups in total. The van der Waals surface area contributed by atoms with E-state index in [0.717, 1.165) is 33.0 Å². The quantitative estimate of drug-likeness (QED) is 0.265. The molecule has 4 aromatic carbocycles. The van der Waals surface area contributed by atoms with Crippen molar-refractivity contribution in [2.75, 3.05) is 25.8 Å². The first kappa shape index (κ1) is 26.3. The Kier molecular flexibility index (Phi) is 7.22. The Labute approximate surface area is 239 Å². The number of benzene rings is 4. The van der Waals surface area contributed by atoms with E-state index < -0.39 is 23.6 Å². The van der Waals surface area contributed by atoms with Gasteiger partial charge in [-0.25, -0.2) is 0 Å². The fourth-order valence-electron chi connectivity index (χ4n) is 4.57. The third-order valence-corrected chi connectivity index (χ3v) is 7.49. The van der Waals surface area contributed by atoms with E-state index in [4.69, 9.17) is 18.9 Å². The van der Waals surface area contributed by atoms with Gasteiger partial charge in [0.2, 0.25) is 12.7 Å². The summed E-state index contributed by atoms with van der Waals surface area (Å²) in [6.07, 6.45) is 1.59. The highest BCUT2D eigenvalue weighted by atomic mass is 32.2. The van der Waals surface area contributed by atoms with Gasteiger partial charge in [0, 0.05) is 11.8 Å². The van der Waals surface area contributed by atoms with Crippen LogP contribution < -0.4 is 24.3 Å². The van der Waals surface area contributed by atoms with Crippen LogP contribution in [0.4, 0.5) is 10.5 Å². The third-order valence-electron chi connectivity index (χ3n) is 6.58. The van der Waals surface area contributed by atoms with E-state index in [9.17, 15) is 14.4 Å². The molecule has 3 amide bonds. The number of nitrogens with one attached hydrogen (secondary N) is 1. The molecule has 1 fully saturated rings. The number of hydrogen-bond donors (Lipinski definition) is 1. The first-order chi connectivity index (χ1) is 20.0. The topological polar surface area (TPSA) is 103 Å². The number of imide groups is 1. The van der Waals surface area contributed by atoms with Crippen molar-refractivity contribution in [3.05, 3.63) is 94.9 Å². The van der Waals surface area contributed by atoms with Crippen LogP contribution in [0.3, 0.4) is 0 Å². The highest BCUT2D eigenvalue weighted by molar-refractivity contribution is 8.18. The van der Waals surface area contributed by atoms with E-state index in [1.165, 1.54) is 7.11 Å². The number of nitrogens with zero attached hydrogens (tertiary/aromatic N) is 1. The fourth-order valence-corrected chi connectivity index (χ4v) is 5.41. The highest BCUT2D eigenvalue weighted by Gasteiger charge is 2.36. The zero-order valence-electron chi connectivity index (χ0n) is 21.9. The molecule has 6 rings (SSSR count). The molecule has 41 heavy (non-hydrogen) atoms. The van der Waals surface area contributed by atoms with E-state index in [2.05, 4.69) is 23.5 Å². The largest absolute Gasteiger partial charge is 0.493 e. The highest BCUT2D eigenvalue weighted by Crippen LogP contribution is 2.36. The molecule has 0 saturated carbocycles. The Hall–Kier alpha value is -4.96. The normalized spacial score (nSPS) is 15.0. The number of rotatable bonds is 8. The Morgan fingerprint density at radius 1 is 0.976 bits per heavy atom. The summed E-state index contributed by atoms with van der Waals surface area (Å²) in [5.41, 5.74) is 2.16. The van der Waals surface area contributed by atoms with Crippen LogP contribution in [0.25, 0.3) is 16.8 Å². The number of methoxy groups -OCH3 is 1. The number of ether oxygens (including phenoxy) is 4. The Balaban J connectivity index is 1.12. The Morgan fingerprint density at radius 2 is 1.80 bits per heavy atom. The van der Waals surface area contributed by atoms with Gasteiger partial charge in [0.15, 0.2) is 23.0 Å². The van der Waals surface area contributed by atoms with E-state index >= 15 is 0 Å². The minimum atomic E-state index is -0.545. The van der Waals surface area contributed by atoms with Gasteiger partial charge in [0.1, 0.15) is 13.2 Å². The van der Waals surface area contributed by atoms with Crippen molar-refractivity contribution >= 4 is 51.4 Å². The van der Waals surface area contributed by atoms with E-state index in [1.54, 1.807) is 42.5 Å². The molecule has 0 radical (unpaired) electrons. The van der Waals surface area contributed by atoms with E-state index in [-0.39, 0.29) is 11.7 Å². The molecular formula is C31H24N2O7S. The van der Waals surface area contributed by atoms with E-state index in [0.29, 0.717) is 40.9 Å². The molecule has 0 unspecified atom stereocenters. The van der Waals surface area contributed by atoms with Gasteiger partial charge in [0.25, 0.3) is 11.1 Å². The molecule has 2 aliphatic heterocycles. The average Bonchev–Trinajstić information content (AvgIpc) is 3.56. The van der Waals surface area contributed by atoms with Crippen molar-refractivity contribution in [2.45, 2.75) is 6.61 Å². The van der Waals surface area contributed by atoms with Crippen molar-refractivity contribution in [3.63, 3.8) is 0 Å². The standard InChI is InChI=1S/C31H24N2O7S/c1-37-26-13-19(9-11-24(26)38-17-21-7-4-6-20-5-2-3-8-23(20)21)14-28-30(35)33(31(36)41-28)16-29(34)32-22-10-12-25-27(15-22)40-18-39-25/h2-15H,16-18H2,1H3,(H,32,34)/b28-14+. The molecule has 1 saturated heterocycles. The number of carbonyl (C=O) groups is 3. The molecule has 0 aromatic heterocycles. The maximum atomic E-state index is 13.0. The first-order valence-corrected chi connectivity index (χ1v) is 13.5. The summed E-state index contributed by atoms with van der Waals surface area (Å²) in [6, 6.07) is 24.4. The van der Waals surface area contributed by atoms with Crippen molar-refractivity contribution in [3.8, 4) is 23.0 Å². The maximum absolute atomic E-state index is 13.0. The minimum Gasteiger partial charge on any atom is -0.493 e. The second-order valence-corrected chi connectivity index (χ2v) is 10.2. The molecule has 0 atom stereocenters. The van der Waals surface area contributed by atoms with Gasteiger partial charge in [-0.3, -0.25) is 19.3 Å². The van der Waals surface area contributed by atoms with Gasteiger partial charge in [-0.15, -0.1) is 0 Å². The van der Waals surface area contributed by atoms with Crippen LogP contribution in [0.5, 0.6) is 23.0 Å². The lowest BCUT2D eigenvalue weighted by Crippen LogP contribution is -2.36. The molecule has 4 aromatic rings. The Bertz CT molecular complexity index is 1710. The predicted octanol–water partition coefficient (Wildman–Crippen LogP) is 5.83. The van der Waals surface area contributed by atoms with Crippen molar-refractivity contribution in [2.24, 2.45) is 0 Å². The predicted molar refractivity (Wildman–Crippen MR) is 155 cm³/mol. The lowest BCUT2D eigenvalue weighted by atomic mass is 10.1. The van der Waals surface area contributed by atoms with Crippen LogP contribution in [0.15, 0.2) is 83.8 Å². The number of fused-ring (bicyclic) bond motifs is 2. The molecule has 0 spiro atoms. The maximum Gasteiger partial charge on any atom is 0.294 e. The SMILES string of the molecule is COc1cc(/C=C2/SC(=O)N(CC(=O)Nc3ccc4c(c3)OCO4)C2=O)ccc1OCc1cccc2ccccc12. The molecule has 0 bridgehead atoms. The molecule has 2 heterocycles. The second-order valence-electron chi connectivity index (χ2n) is 9.22. The number of amides is 3. The number of thioether (sulfide) groups is 1. The first-order valence-electron chi connectivity index (χ1n) is 12.7. The Morgan fingerprint density at radius 3 is 2.68 bits per heavy atom. The zero-order valence-corrected chi connectivity index (χ0v) is 22.7. The summed E-state index contributed by atoms with van der Waals surface area (Å²) in [4.78, 5) is 39.3. The smallest absolute Gasteiger partial charge is 0.294 e. The van der Waals surface area contributed by atoms with E-state index in [1.807, 2.05) is 24.3 Å². The van der Waals surface area contributed by atoms with Crippen LogP contribution in [-0.4, -0.2) is 42.4 Å². The molecular weight excluding hydrogens is 544 g/mol. The van der Waals surface area contributed by atoms with Crippen LogP contribution >= 0.6 is 11.8 Å². The van der Waals surface area contributed by atoms with Gasteiger partial charge >= 0.3 is 0 Å². The van der Waals surface area contributed by atoms with Gasteiger partial charge in [-0.05, 0) is 64.0 Å². The van der Waals surface area contributed by atoms with Crippen LogP contribution in [0.2, 0.25) is 0 Å². The van der Waals surface area contributed by atoms with Gasteiger partial charge < -0.3 is 24.3 Å². The lowest BCUT2D eigenvalue weighted by Gasteiger charge is -2.13. The summed E-state index contributed by atoms with van der Waals surface area (Å²) in [7, 11) is 1.54. The van der Waals surface area contributed by atoms with Crippen molar-refractivity contribution in [1.82, 2.24) is 4.90 Å². The number of hydrogen-bond acceptors (Lipinski definition) is 8. The summed E-state index contributed by atoms with van der Waals surface area (Å²) >= 11 is 0.777. The fraction of sp³-hybridized carbons (Fsp3) is 0.129. The summed E-state index contributed by atoms with van der Waals surface area (Å²) in [5, 5.41) is 4.41. The lowest BCUT2D eigenvalue weighted by molar-refractivity contribution is -0.127. The molecule has 206 valence electrons. The second kappa shape index (κ2) is 11.3. The monoisotopic (exact) mass is 568 g/mol.